The summed E-state index contributed by atoms with van der Waals surface area (Å²) in [6.45, 7) is 1.47. The Morgan fingerprint density at radius 1 is 1.08 bits per heavy atom. The lowest BCUT2D eigenvalue weighted by Gasteiger charge is -2.11. The van der Waals surface area contributed by atoms with Crippen LogP contribution in [-0.2, 0) is 8.59 Å². The fourth-order valence-electron chi connectivity index (χ4n) is 2.30. The van der Waals surface area contributed by atoms with Gasteiger partial charge in [-0.05, 0) is 18.2 Å². The molecule has 2 N–H and O–H groups in total. The molecule has 0 aliphatic rings. The largest absolute Gasteiger partial charge is 0.331 e. The maximum absolute atomic E-state index is 11.2. The summed E-state index contributed by atoms with van der Waals surface area (Å²) in [7, 11) is 0. The van der Waals surface area contributed by atoms with Crippen LogP contribution in [0.15, 0.2) is 53.9 Å². The van der Waals surface area contributed by atoms with Crippen LogP contribution in [0, 0.1) is 0 Å². The molecule has 2 aromatic carbocycles. The first-order valence-corrected chi connectivity index (χ1v) is 9.60. The molecule has 0 aliphatic heterocycles. The van der Waals surface area contributed by atoms with Crippen LogP contribution >= 0.6 is 46.1 Å². The monoisotopic (exact) mass is 425 g/mol. The van der Waals surface area contributed by atoms with Crippen molar-refractivity contribution < 1.29 is 4.79 Å². The molecule has 3 aromatic rings. The van der Waals surface area contributed by atoms with Crippen LogP contribution in [0.25, 0.3) is 11.3 Å². The van der Waals surface area contributed by atoms with Crippen molar-refractivity contribution in [3.63, 3.8) is 0 Å². The Kier molecular flexibility index (Phi) is 5.73. The number of aromatic nitrogens is 1. The van der Waals surface area contributed by atoms with Gasteiger partial charge in [-0.15, -0.1) is 11.3 Å². The van der Waals surface area contributed by atoms with Crippen LogP contribution in [0.1, 0.15) is 12.5 Å². The van der Waals surface area contributed by atoms with Gasteiger partial charge < -0.3 is 10.6 Å². The zero-order valence-corrected chi connectivity index (χ0v) is 16.7. The van der Waals surface area contributed by atoms with E-state index in [9.17, 15) is 4.79 Å². The zero-order chi connectivity index (χ0) is 18.7. The molecule has 1 aromatic heterocycles. The Morgan fingerprint density at radius 3 is 2.42 bits per heavy atom. The van der Waals surface area contributed by atoms with Crippen LogP contribution in [0.5, 0.6) is 0 Å². The van der Waals surface area contributed by atoms with Gasteiger partial charge in [0.15, 0.2) is 5.13 Å². The first kappa shape index (κ1) is 19.0. The van der Waals surface area contributed by atoms with Gasteiger partial charge in [0.25, 0.3) is 0 Å². The Labute approximate surface area is 170 Å². The van der Waals surface area contributed by atoms with Gasteiger partial charge in [-0.1, -0.05) is 65.1 Å². The van der Waals surface area contributed by atoms with Crippen LogP contribution < -0.4 is 10.6 Å². The highest BCUT2D eigenvalue weighted by atomic mass is 35.6. The van der Waals surface area contributed by atoms with Crippen LogP contribution in [0.4, 0.5) is 16.5 Å². The molecule has 26 heavy (non-hydrogen) atoms. The third kappa shape index (κ3) is 4.89. The number of hydrogen-bond donors (Lipinski definition) is 2. The zero-order valence-electron chi connectivity index (χ0n) is 13.6. The quantitative estimate of drug-likeness (QED) is 0.479. The summed E-state index contributed by atoms with van der Waals surface area (Å²) in [5.41, 5.74) is 3.92. The van der Waals surface area contributed by atoms with Gasteiger partial charge in [0.1, 0.15) is 0 Å². The summed E-state index contributed by atoms with van der Waals surface area (Å²) in [4.78, 5) is 15.7. The molecule has 0 spiro atoms. The minimum absolute atomic E-state index is 0.114. The number of anilines is 3. The number of amides is 1. The number of nitrogens with one attached hydrogen (secondary N) is 2. The summed E-state index contributed by atoms with van der Waals surface area (Å²) >= 11 is 19.1. The summed E-state index contributed by atoms with van der Waals surface area (Å²) in [5.74, 6) is -0.114. The summed E-state index contributed by atoms with van der Waals surface area (Å²) in [6.07, 6.45) is 0. The van der Waals surface area contributed by atoms with E-state index in [1.165, 1.54) is 18.3 Å². The fourth-order valence-corrected chi connectivity index (χ4v) is 3.41. The summed E-state index contributed by atoms with van der Waals surface area (Å²) in [5, 5.41) is 8.68. The molecule has 1 amide bonds. The van der Waals surface area contributed by atoms with Crippen molar-refractivity contribution in [2.45, 2.75) is 10.7 Å². The summed E-state index contributed by atoms with van der Waals surface area (Å²) in [6, 6.07) is 14.7. The Morgan fingerprint density at radius 2 is 1.77 bits per heavy atom. The molecule has 0 atom stereocenters. The Balaban J connectivity index is 1.75. The second-order valence-electron chi connectivity index (χ2n) is 5.50. The highest BCUT2D eigenvalue weighted by molar-refractivity contribution is 7.14. The maximum atomic E-state index is 11.2. The molecule has 3 rings (SSSR count). The van der Waals surface area contributed by atoms with Crippen molar-refractivity contribution in [3.05, 3.63) is 59.5 Å². The molecule has 0 bridgehead atoms. The van der Waals surface area contributed by atoms with Crippen molar-refractivity contribution in [1.29, 1.82) is 0 Å². The first-order chi connectivity index (χ1) is 12.3. The number of rotatable bonds is 4. The van der Waals surface area contributed by atoms with Crippen molar-refractivity contribution in [2.24, 2.45) is 0 Å². The predicted molar refractivity (Wildman–Crippen MR) is 111 cm³/mol. The topological polar surface area (TPSA) is 54.0 Å². The van der Waals surface area contributed by atoms with E-state index in [2.05, 4.69) is 15.6 Å². The third-order valence-electron chi connectivity index (χ3n) is 3.45. The molecule has 0 unspecified atom stereocenters. The van der Waals surface area contributed by atoms with Crippen LogP contribution in [0.3, 0.4) is 0 Å². The number of carbonyl (C=O) groups is 1. The Hall–Kier alpha value is -1.79. The number of nitrogens with zero attached hydrogens (tertiary/aromatic N) is 1. The van der Waals surface area contributed by atoms with Crippen molar-refractivity contribution in [1.82, 2.24) is 4.98 Å². The van der Waals surface area contributed by atoms with Gasteiger partial charge >= 0.3 is 0 Å². The van der Waals surface area contributed by atoms with E-state index >= 15 is 0 Å². The second-order valence-corrected chi connectivity index (χ2v) is 8.64. The molecule has 0 aliphatic carbocycles. The van der Waals surface area contributed by atoms with Gasteiger partial charge in [-0.2, -0.15) is 0 Å². The highest BCUT2D eigenvalue weighted by Gasteiger charge is 2.22. The van der Waals surface area contributed by atoms with E-state index in [1.54, 1.807) is 12.1 Å². The van der Waals surface area contributed by atoms with Crippen molar-refractivity contribution >= 4 is 68.6 Å². The van der Waals surface area contributed by atoms with E-state index < -0.39 is 3.79 Å². The molecule has 0 saturated heterocycles. The smallest absolute Gasteiger partial charge is 0.221 e. The van der Waals surface area contributed by atoms with Crippen molar-refractivity contribution in [2.75, 3.05) is 10.6 Å². The third-order valence-corrected chi connectivity index (χ3v) is 4.86. The lowest BCUT2D eigenvalue weighted by Crippen LogP contribution is -2.05. The second kappa shape index (κ2) is 7.84. The molecule has 4 nitrogen and oxygen atoms in total. The Bertz CT molecular complexity index is 920. The molecule has 0 saturated carbocycles. The standard InChI is InChI=1S/C18H14Cl3N3OS/c1-11(25)22-14-3-2-4-15(9-14)23-17-24-16(10-26-17)12-5-7-13(8-6-12)18(19,20)21/h2-10H,1H3,(H,22,25)(H,23,24). The molecule has 8 heteroatoms. The maximum Gasteiger partial charge on any atom is 0.221 e. The van der Waals surface area contributed by atoms with Gasteiger partial charge in [0, 0.05) is 34.8 Å². The number of carbonyl (C=O) groups excluding carboxylic acids is 1. The number of hydrogen-bond acceptors (Lipinski definition) is 4. The summed E-state index contributed by atoms with van der Waals surface area (Å²) < 4.78 is -1.44. The number of halogens is 3. The molecule has 134 valence electrons. The predicted octanol–water partition coefficient (Wildman–Crippen LogP) is 6.34. The lowest BCUT2D eigenvalue weighted by molar-refractivity contribution is -0.114. The molecular weight excluding hydrogens is 413 g/mol. The average molecular weight is 427 g/mol. The van der Waals surface area contributed by atoms with E-state index in [-0.39, 0.29) is 5.91 Å². The van der Waals surface area contributed by atoms with E-state index in [0.717, 1.165) is 27.8 Å². The lowest BCUT2D eigenvalue weighted by atomic mass is 10.1. The first-order valence-electron chi connectivity index (χ1n) is 7.59. The number of alkyl halides is 3. The average Bonchev–Trinajstić information content (AvgIpc) is 3.02. The SMILES string of the molecule is CC(=O)Nc1cccc(Nc2nc(-c3ccc(C(Cl)(Cl)Cl)cc3)cs2)c1. The highest BCUT2D eigenvalue weighted by Crippen LogP contribution is 2.39. The number of benzene rings is 2. The fraction of sp³-hybridized carbons (Fsp3) is 0.111. The van der Waals surface area contributed by atoms with Gasteiger partial charge in [0.2, 0.25) is 9.70 Å². The molecule has 1 heterocycles. The van der Waals surface area contributed by atoms with E-state index in [4.69, 9.17) is 34.8 Å². The normalized spacial score (nSPS) is 11.2. The van der Waals surface area contributed by atoms with Crippen molar-refractivity contribution in [3.8, 4) is 11.3 Å². The van der Waals surface area contributed by atoms with Crippen LogP contribution in [-0.4, -0.2) is 10.9 Å². The van der Waals surface area contributed by atoms with Crippen LogP contribution in [0.2, 0.25) is 0 Å². The van der Waals surface area contributed by atoms with Gasteiger partial charge in [-0.3, -0.25) is 4.79 Å². The minimum Gasteiger partial charge on any atom is -0.331 e. The van der Waals surface area contributed by atoms with Gasteiger partial charge in [0.05, 0.1) is 5.69 Å². The van der Waals surface area contributed by atoms with E-state index in [0.29, 0.717) is 5.56 Å². The molecule has 0 radical (unpaired) electrons. The molecular formula is C18H14Cl3N3OS. The van der Waals surface area contributed by atoms with Gasteiger partial charge in [-0.25, -0.2) is 4.98 Å². The molecule has 0 fully saturated rings. The minimum atomic E-state index is -1.44. The number of thiazole rings is 1. The van der Waals surface area contributed by atoms with E-state index in [1.807, 2.05) is 41.8 Å².